The van der Waals surface area contributed by atoms with Crippen molar-refractivity contribution >= 4 is 11.7 Å². The van der Waals surface area contributed by atoms with Gasteiger partial charge in [-0.15, -0.1) is 0 Å². The Bertz CT molecular complexity index is 962. The first-order valence-electron chi connectivity index (χ1n) is 8.83. The van der Waals surface area contributed by atoms with E-state index >= 15 is 0 Å². The lowest BCUT2D eigenvalue weighted by Crippen LogP contribution is -2.48. The summed E-state index contributed by atoms with van der Waals surface area (Å²) in [6.45, 7) is 1.26. The molecule has 154 valence electrons. The van der Waals surface area contributed by atoms with Crippen molar-refractivity contribution in [2.45, 2.75) is 32.0 Å². The van der Waals surface area contributed by atoms with E-state index in [2.05, 4.69) is 0 Å². The molecular formula is C20H22N2O7. The molecule has 2 aromatic carbocycles. The Kier molecular flexibility index (Phi) is 5.58. The lowest BCUT2D eigenvalue weighted by molar-refractivity contribution is -0.364. The zero-order valence-electron chi connectivity index (χ0n) is 16.0. The van der Waals surface area contributed by atoms with Crippen molar-refractivity contribution in [3.63, 3.8) is 0 Å². The maximum Gasteiger partial charge on any atom is 0.313 e. The van der Waals surface area contributed by atoms with E-state index in [4.69, 9.17) is 15.3 Å². The number of benzene rings is 2. The minimum atomic E-state index is -2.38. The summed E-state index contributed by atoms with van der Waals surface area (Å²) < 4.78 is 5.80. The standard InChI is InChI=1S/C20H22N2O7/c1-11(23)19(26)22(2)29-20(27)17-14(7-15(24)8-16(17)25)10-28-18(20)13-5-3-4-12(6-13)9-21/h3-8,18,24-25,27H,9-10,21H2,1-2H3. The van der Waals surface area contributed by atoms with Gasteiger partial charge in [0.1, 0.15) is 17.6 Å². The highest BCUT2D eigenvalue weighted by atomic mass is 16.8. The molecule has 1 heterocycles. The monoisotopic (exact) mass is 402 g/mol. The molecule has 1 aliphatic heterocycles. The summed E-state index contributed by atoms with van der Waals surface area (Å²) in [5.41, 5.74) is 7.13. The number of Topliss-reactive ketones (excluding diaryl/α,β-unsaturated/α-hetero) is 1. The average Bonchev–Trinajstić information content (AvgIpc) is 2.66. The molecule has 0 aromatic heterocycles. The molecule has 29 heavy (non-hydrogen) atoms. The van der Waals surface area contributed by atoms with E-state index in [0.29, 0.717) is 10.6 Å². The van der Waals surface area contributed by atoms with Gasteiger partial charge >= 0.3 is 5.91 Å². The summed E-state index contributed by atoms with van der Waals surface area (Å²) in [4.78, 5) is 29.0. The van der Waals surface area contributed by atoms with Crippen molar-refractivity contribution in [1.29, 1.82) is 0 Å². The molecule has 0 fully saturated rings. The van der Waals surface area contributed by atoms with Crippen molar-refractivity contribution in [1.82, 2.24) is 5.06 Å². The Morgan fingerprint density at radius 3 is 2.69 bits per heavy atom. The SMILES string of the molecule is CC(=O)C(=O)N(C)OC1(O)c2c(O)cc(O)cc2COC1c1cccc(CN)c1. The van der Waals surface area contributed by atoms with Crippen LogP contribution in [-0.4, -0.2) is 39.1 Å². The zero-order valence-corrected chi connectivity index (χ0v) is 16.0. The highest BCUT2D eigenvalue weighted by Gasteiger charge is 2.50. The maximum atomic E-state index is 12.0. The van der Waals surface area contributed by atoms with E-state index in [1.165, 1.54) is 13.1 Å². The van der Waals surface area contributed by atoms with Gasteiger partial charge in [0.25, 0.3) is 5.79 Å². The van der Waals surface area contributed by atoms with Gasteiger partial charge in [0, 0.05) is 26.6 Å². The van der Waals surface area contributed by atoms with Crippen LogP contribution in [0.15, 0.2) is 36.4 Å². The minimum absolute atomic E-state index is 0.0507. The van der Waals surface area contributed by atoms with E-state index in [1.54, 1.807) is 24.3 Å². The van der Waals surface area contributed by atoms with Gasteiger partial charge in [0.2, 0.25) is 5.78 Å². The summed E-state index contributed by atoms with van der Waals surface area (Å²) in [5.74, 6) is -4.86. The second kappa shape index (κ2) is 7.80. The van der Waals surface area contributed by atoms with E-state index in [1.807, 2.05) is 0 Å². The first kappa shape index (κ1) is 20.7. The van der Waals surface area contributed by atoms with Gasteiger partial charge in [-0.25, -0.2) is 9.90 Å². The Labute approximate surface area is 166 Å². The number of carbonyl (C=O) groups excluding carboxylic acids is 2. The van der Waals surface area contributed by atoms with Crippen LogP contribution >= 0.6 is 0 Å². The third-order valence-electron chi connectivity index (χ3n) is 4.66. The molecule has 2 unspecified atom stereocenters. The first-order chi connectivity index (χ1) is 13.7. The number of hydroxylamine groups is 2. The lowest BCUT2D eigenvalue weighted by atomic mass is 9.87. The number of likely N-dealkylation sites (N-methyl/N-ethyl adjacent to an activating group) is 1. The lowest BCUT2D eigenvalue weighted by Gasteiger charge is -2.42. The molecular weight excluding hydrogens is 380 g/mol. The number of amides is 1. The number of nitrogens with zero attached hydrogens (tertiary/aromatic N) is 1. The summed E-state index contributed by atoms with van der Waals surface area (Å²) in [5, 5.41) is 32.4. The summed E-state index contributed by atoms with van der Waals surface area (Å²) in [7, 11) is 1.17. The van der Waals surface area contributed by atoms with Gasteiger partial charge in [-0.05, 0) is 22.8 Å². The van der Waals surface area contributed by atoms with E-state index in [0.717, 1.165) is 18.6 Å². The van der Waals surface area contributed by atoms with Crippen LogP contribution in [-0.2, 0) is 38.1 Å². The van der Waals surface area contributed by atoms with Gasteiger partial charge in [-0.2, -0.15) is 0 Å². The van der Waals surface area contributed by atoms with Crippen LogP contribution in [0.4, 0.5) is 0 Å². The molecule has 0 aliphatic carbocycles. The number of fused-ring (bicyclic) bond motifs is 1. The number of hydrogen-bond donors (Lipinski definition) is 4. The Balaban J connectivity index is 2.15. The van der Waals surface area contributed by atoms with Crippen LogP contribution in [0.1, 0.15) is 35.3 Å². The second-order valence-electron chi connectivity index (χ2n) is 6.79. The number of aliphatic hydroxyl groups is 1. The van der Waals surface area contributed by atoms with Gasteiger partial charge in [0.15, 0.2) is 0 Å². The number of nitrogens with two attached hydrogens (primary N) is 1. The fourth-order valence-electron chi connectivity index (χ4n) is 3.38. The van der Waals surface area contributed by atoms with Crippen molar-refractivity contribution in [3.8, 4) is 11.5 Å². The van der Waals surface area contributed by atoms with Crippen molar-refractivity contribution in [3.05, 3.63) is 58.7 Å². The highest BCUT2D eigenvalue weighted by molar-refractivity contribution is 6.34. The number of rotatable bonds is 5. The number of hydrogen-bond acceptors (Lipinski definition) is 8. The average molecular weight is 402 g/mol. The highest BCUT2D eigenvalue weighted by Crippen LogP contribution is 2.49. The van der Waals surface area contributed by atoms with E-state index in [-0.39, 0.29) is 30.0 Å². The molecule has 9 nitrogen and oxygen atoms in total. The number of aromatic hydroxyl groups is 2. The van der Waals surface area contributed by atoms with Crippen molar-refractivity contribution in [2.75, 3.05) is 7.05 Å². The van der Waals surface area contributed by atoms with E-state index in [9.17, 15) is 24.9 Å². The number of phenols is 2. The molecule has 5 N–H and O–H groups in total. The predicted octanol–water partition coefficient (Wildman–Crippen LogP) is 0.952. The van der Waals surface area contributed by atoms with Crippen LogP contribution in [0.25, 0.3) is 0 Å². The van der Waals surface area contributed by atoms with Crippen molar-refractivity contribution < 1.29 is 34.5 Å². The second-order valence-corrected chi connectivity index (χ2v) is 6.79. The molecule has 1 amide bonds. The number of carbonyl (C=O) groups is 2. The van der Waals surface area contributed by atoms with Crippen molar-refractivity contribution in [2.24, 2.45) is 5.73 Å². The summed E-state index contributed by atoms with van der Waals surface area (Å²) >= 11 is 0. The van der Waals surface area contributed by atoms with Crippen LogP contribution < -0.4 is 5.73 Å². The Morgan fingerprint density at radius 2 is 2.03 bits per heavy atom. The molecule has 0 radical (unpaired) electrons. The number of phenolic OH excluding ortho intramolecular Hbond substituents is 2. The van der Waals surface area contributed by atoms with Gasteiger partial charge in [-0.3, -0.25) is 9.59 Å². The van der Waals surface area contributed by atoms with Gasteiger partial charge < -0.3 is 25.8 Å². The molecule has 3 rings (SSSR count). The van der Waals surface area contributed by atoms with Gasteiger partial charge in [-0.1, -0.05) is 24.3 Å². The smallest absolute Gasteiger partial charge is 0.313 e. The third kappa shape index (κ3) is 3.81. The molecule has 0 spiro atoms. The zero-order chi connectivity index (χ0) is 21.3. The van der Waals surface area contributed by atoms with Crippen LogP contribution in [0.2, 0.25) is 0 Å². The molecule has 2 atom stereocenters. The number of ether oxygens (including phenoxy) is 1. The largest absolute Gasteiger partial charge is 0.508 e. The fourth-order valence-corrected chi connectivity index (χ4v) is 3.38. The van der Waals surface area contributed by atoms with Crippen LogP contribution in [0, 0.1) is 0 Å². The molecule has 0 bridgehead atoms. The number of ketones is 1. The molecule has 0 saturated carbocycles. The van der Waals surface area contributed by atoms with Crippen LogP contribution in [0.5, 0.6) is 11.5 Å². The minimum Gasteiger partial charge on any atom is -0.508 e. The maximum absolute atomic E-state index is 12.0. The summed E-state index contributed by atoms with van der Waals surface area (Å²) in [6.07, 6.45) is -1.17. The first-order valence-corrected chi connectivity index (χ1v) is 8.83. The quantitative estimate of drug-likeness (QED) is 0.329. The molecule has 9 heteroatoms. The predicted molar refractivity (Wildman–Crippen MR) is 100 cm³/mol. The topological polar surface area (TPSA) is 143 Å². The normalized spacial score (nSPS) is 20.8. The summed E-state index contributed by atoms with van der Waals surface area (Å²) in [6, 6.07) is 9.24. The Morgan fingerprint density at radius 1 is 1.31 bits per heavy atom. The molecule has 2 aromatic rings. The molecule has 1 aliphatic rings. The Hall–Kier alpha value is -2.98. The van der Waals surface area contributed by atoms with Gasteiger partial charge in [0.05, 0.1) is 12.2 Å². The molecule has 0 saturated heterocycles. The third-order valence-corrected chi connectivity index (χ3v) is 4.66. The van der Waals surface area contributed by atoms with Crippen LogP contribution in [0.3, 0.4) is 0 Å². The van der Waals surface area contributed by atoms with E-state index < -0.39 is 29.3 Å². The fraction of sp³-hybridized carbons (Fsp3) is 0.300.